The summed E-state index contributed by atoms with van der Waals surface area (Å²) < 4.78 is 3.74. The Morgan fingerprint density at radius 1 is 0.933 bits per heavy atom. The van der Waals surface area contributed by atoms with Crippen molar-refractivity contribution in [2.45, 2.75) is 13.1 Å². The Morgan fingerprint density at radius 2 is 1.70 bits per heavy atom. The van der Waals surface area contributed by atoms with Gasteiger partial charge in [0.1, 0.15) is 12.1 Å². The highest BCUT2D eigenvalue weighted by Crippen LogP contribution is 2.24. The molecule has 0 aliphatic heterocycles. The molecule has 7 nitrogen and oxygen atoms in total. The van der Waals surface area contributed by atoms with E-state index in [1.807, 2.05) is 48.1 Å². The van der Waals surface area contributed by atoms with Crippen LogP contribution in [0.1, 0.15) is 11.1 Å². The number of hydrogen-bond donors (Lipinski definition) is 1. The van der Waals surface area contributed by atoms with Crippen molar-refractivity contribution < 1.29 is 0 Å². The van der Waals surface area contributed by atoms with E-state index < -0.39 is 0 Å². The van der Waals surface area contributed by atoms with E-state index in [0.717, 1.165) is 40.2 Å². The lowest BCUT2D eigenvalue weighted by atomic mass is 10.1. The van der Waals surface area contributed by atoms with Gasteiger partial charge in [-0.25, -0.2) is 9.97 Å². The quantitative estimate of drug-likeness (QED) is 0.472. The minimum Gasteiger partial charge on any atom is -0.365 e. The van der Waals surface area contributed by atoms with Gasteiger partial charge in [0, 0.05) is 30.9 Å². The molecule has 0 saturated heterocycles. The molecule has 0 saturated carbocycles. The number of fused-ring (bicyclic) bond motifs is 1. The van der Waals surface area contributed by atoms with Crippen LogP contribution >= 0.6 is 0 Å². The third-order valence-corrected chi connectivity index (χ3v) is 5.05. The summed E-state index contributed by atoms with van der Waals surface area (Å²) in [7, 11) is 1.88. The molecule has 2 aromatic carbocycles. The summed E-state index contributed by atoms with van der Waals surface area (Å²) in [6, 6.07) is 20.6. The normalized spacial score (nSPS) is 11.1. The molecule has 0 amide bonds. The predicted octanol–water partition coefficient (Wildman–Crippen LogP) is 3.89. The van der Waals surface area contributed by atoms with Gasteiger partial charge in [0.2, 0.25) is 0 Å². The van der Waals surface area contributed by atoms with Gasteiger partial charge in [-0.3, -0.25) is 9.36 Å². The van der Waals surface area contributed by atoms with Crippen molar-refractivity contribution in [2.24, 2.45) is 7.05 Å². The van der Waals surface area contributed by atoms with E-state index >= 15 is 0 Å². The van der Waals surface area contributed by atoms with Gasteiger partial charge in [0.05, 0.1) is 23.8 Å². The van der Waals surface area contributed by atoms with E-state index in [1.165, 1.54) is 5.56 Å². The average Bonchev–Trinajstić information content (AvgIpc) is 3.37. The average molecular weight is 395 g/mol. The van der Waals surface area contributed by atoms with Crippen LogP contribution in [0.25, 0.3) is 22.3 Å². The molecule has 5 rings (SSSR count). The van der Waals surface area contributed by atoms with E-state index in [2.05, 4.69) is 50.8 Å². The molecule has 0 radical (unpaired) electrons. The summed E-state index contributed by atoms with van der Waals surface area (Å²) in [5.41, 5.74) is 5.18. The van der Waals surface area contributed by atoms with Gasteiger partial charge in [-0.1, -0.05) is 60.7 Å². The highest BCUT2D eigenvalue weighted by molar-refractivity contribution is 5.86. The van der Waals surface area contributed by atoms with Crippen LogP contribution in [0.2, 0.25) is 0 Å². The SMILES string of the molecule is Cn1ncc2c(NCc3cn(Cc4ccccc4)nc3-c3ccccc3)ncnc21. The van der Waals surface area contributed by atoms with Gasteiger partial charge in [-0.15, -0.1) is 0 Å². The molecule has 0 unspecified atom stereocenters. The van der Waals surface area contributed by atoms with Gasteiger partial charge in [0.15, 0.2) is 5.65 Å². The van der Waals surface area contributed by atoms with E-state index in [4.69, 9.17) is 5.10 Å². The van der Waals surface area contributed by atoms with Gasteiger partial charge < -0.3 is 5.32 Å². The van der Waals surface area contributed by atoms with E-state index in [0.29, 0.717) is 6.54 Å². The molecule has 5 aromatic rings. The van der Waals surface area contributed by atoms with Crippen molar-refractivity contribution in [1.82, 2.24) is 29.5 Å². The number of anilines is 1. The fourth-order valence-corrected chi connectivity index (χ4v) is 3.56. The lowest BCUT2D eigenvalue weighted by molar-refractivity contribution is 0.688. The molecule has 148 valence electrons. The van der Waals surface area contributed by atoms with Crippen LogP contribution in [0, 0.1) is 0 Å². The van der Waals surface area contributed by atoms with Gasteiger partial charge in [0.25, 0.3) is 0 Å². The zero-order valence-corrected chi connectivity index (χ0v) is 16.6. The van der Waals surface area contributed by atoms with Crippen molar-refractivity contribution in [3.63, 3.8) is 0 Å². The smallest absolute Gasteiger partial charge is 0.163 e. The molecule has 1 N–H and O–H groups in total. The number of nitrogens with zero attached hydrogens (tertiary/aromatic N) is 6. The summed E-state index contributed by atoms with van der Waals surface area (Å²) in [4.78, 5) is 8.71. The number of rotatable bonds is 6. The standard InChI is InChI=1S/C23H21N7/c1-29-23-20(13-27-29)22(25-16-26-23)24-12-19-15-30(14-17-8-4-2-5-9-17)28-21(19)18-10-6-3-7-11-18/h2-11,13,15-16H,12,14H2,1H3,(H,24,25,26). The van der Waals surface area contributed by atoms with Crippen molar-refractivity contribution in [1.29, 1.82) is 0 Å². The second-order valence-electron chi connectivity index (χ2n) is 7.13. The summed E-state index contributed by atoms with van der Waals surface area (Å²) in [6.07, 6.45) is 5.45. The maximum absolute atomic E-state index is 4.88. The topological polar surface area (TPSA) is 73.5 Å². The van der Waals surface area contributed by atoms with Gasteiger partial charge in [-0.2, -0.15) is 10.2 Å². The molecule has 0 aliphatic carbocycles. The lowest BCUT2D eigenvalue weighted by Gasteiger charge is -2.06. The van der Waals surface area contributed by atoms with E-state index in [1.54, 1.807) is 17.2 Å². The fourth-order valence-electron chi connectivity index (χ4n) is 3.56. The molecule has 7 heteroatoms. The second-order valence-corrected chi connectivity index (χ2v) is 7.13. The summed E-state index contributed by atoms with van der Waals surface area (Å²) in [5, 5.41) is 13.5. The summed E-state index contributed by atoms with van der Waals surface area (Å²) in [5.74, 6) is 0.767. The Balaban J connectivity index is 1.46. The first-order valence-electron chi connectivity index (χ1n) is 9.80. The zero-order chi connectivity index (χ0) is 20.3. The maximum atomic E-state index is 4.88. The third kappa shape index (κ3) is 3.53. The van der Waals surface area contributed by atoms with E-state index in [-0.39, 0.29) is 0 Å². The first kappa shape index (κ1) is 18.1. The number of nitrogens with one attached hydrogen (secondary N) is 1. The largest absolute Gasteiger partial charge is 0.365 e. The minimum atomic E-state index is 0.597. The van der Waals surface area contributed by atoms with Crippen LogP contribution in [0.3, 0.4) is 0 Å². The molecule has 0 atom stereocenters. The lowest BCUT2D eigenvalue weighted by Crippen LogP contribution is -2.03. The highest BCUT2D eigenvalue weighted by Gasteiger charge is 2.13. The molecule has 0 fully saturated rings. The molecule has 3 aromatic heterocycles. The number of hydrogen-bond acceptors (Lipinski definition) is 5. The Bertz CT molecular complexity index is 1270. The Labute approximate surface area is 174 Å². The van der Waals surface area contributed by atoms with Gasteiger partial charge in [-0.05, 0) is 5.56 Å². The Morgan fingerprint density at radius 3 is 2.50 bits per heavy atom. The molecule has 30 heavy (non-hydrogen) atoms. The van der Waals surface area contributed by atoms with Crippen molar-refractivity contribution >= 4 is 16.9 Å². The number of benzene rings is 2. The monoisotopic (exact) mass is 395 g/mol. The molecule has 0 aliphatic rings. The molecular weight excluding hydrogens is 374 g/mol. The predicted molar refractivity (Wildman–Crippen MR) is 117 cm³/mol. The van der Waals surface area contributed by atoms with Gasteiger partial charge >= 0.3 is 0 Å². The van der Waals surface area contributed by atoms with Crippen molar-refractivity contribution in [3.05, 3.63) is 90.5 Å². The number of aryl methyl sites for hydroxylation is 1. The second kappa shape index (κ2) is 7.79. The minimum absolute atomic E-state index is 0.597. The number of aromatic nitrogens is 6. The van der Waals surface area contributed by atoms with Crippen LogP contribution in [0.5, 0.6) is 0 Å². The van der Waals surface area contributed by atoms with Crippen LogP contribution < -0.4 is 5.32 Å². The van der Waals surface area contributed by atoms with Crippen molar-refractivity contribution in [3.8, 4) is 11.3 Å². The maximum Gasteiger partial charge on any atom is 0.163 e. The molecule has 0 spiro atoms. The Kier molecular flexibility index (Phi) is 4.69. The first-order chi connectivity index (χ1) is 14.8. The third-order valence-electron chi connectivity index (χ3n) is 5.05. The first-order valence-corrected chi connectivity index (χ1v) is 9.80. The summed E-state index contributed by atoms with van der Waals surface area (Å²) >= 11 is 0. The molecular formula is C23H21N7. The van der Waals surface area contributed by atoms with Crippen LogP contribution in [0.4, 0.5) is 5.82 Å². The van der Waals surface area contributed by atoms with Crippen LogP contribution in [0.15, 0.2) is 79.4 Å². The van der Waals surface area contributed by atoms with Crippen LogP contribution in [-0.2, 0) is 20.1 Å². The van der Waals surface area contributed by atoms with Crippen molar-refractivity contribution in [2.75, 3.05) is 5.32 Å². The highest BCUT2D eigenvalue weighted by atomic mass is 15.3. The molecule has 0 bridgehead atoms. The Hall–Kier alpha value is -4.00. The zero-order valence-electron chi connectivity index (χ0n) is 16.6. The van der Waals surface area contributed by atoms with E-state index in [9.17, 15) is 0 Å². The summed E-state index contributed by atoms with van der Waals surface area (Å²) in [6.45, 7) is 1.32. The van der Waals surface area contributed by atoms with Crippen LogP contribution in [-0.4, -0.2) is 29.5 Å². The molecule has 3 heterocycles. The fraction of sp³-hybridized carbons (Fsp3) is 0.130.